The molecule has 0 aliphatic rings. The SMILES string of the molecule is Cc1ccc(N(c2ccccc2)c2cc(-c3ccnc(N(c4ccccc4)c4ccc(N(c5ccccc5)c5ccccc5)cc4)c3)ccn2)cc1. The zero-order chi connectivity index (χ0) is 35.1. The Bertz CT molecular complexity index is 2310. The largest absolute Gasteiger partial charge is 0.311 e. The predicted octanol–water partition coefficient (Wildman–Crippen LogP) is 12.9. The maximum atomic E-state index is 4.92. The van der Waals surface area contributed by atoms with Gasteiger partial charge in [0.25, 0.3) is 0 Å². The summed E-state index contributed by atoms with van der Waals surface area (Å²) < 4.78 is 0. The summed E-state index contributed by atoms with van der Waals surface area (Å²) in [6, 6.07) is 67.3. The van der Waals surface area contributed by atoms with Crippen LogP contribution in [0.4, 0.5) is 51.4 Å². The number of nitrogens with zero attached hydrogens (tertiary/aromatic N) is 5. The van der Waals surface area contributed by atoms with Crippen LogP contribution < -0.4 is 14.7 Å². The molecule has 8 aromatic rings. The molecule has 0 unspecified atom stereocenters. The Morgan fingerprint density at radius 3 is 0.962 bits per heavy atom. The molecule has 0 aliphatic heterocycles. The number of rotatable bonds is 10. The molecule has 0 radical (unpaired) electrons. The first-order valence-corrected chi connectivity index (χ1v) is 17.4. The molecule has 0 atom stereocenters. The van der Waals surface area contributed by atoms with Crippen molar-refractivity contribution in [3.05, 3.63) is 212 Å². The maximum absolute atomic E-state index is 4.92. The molecule has 52 heavy (non-hydrogen) atoms. The molecular weight excluding hydrogens is 635 g/mol. The quantitative estimate of drug-likeness (QED) is 0.145. The van der Waals surface area contributed by atoms with Gasteiger partial charge in [-0.3, -0.25) is 9.80 Å². The summed E-state index contributed by atoms with van der Waals surface area (Å²) >= 11 is 0. The highest BCUT2D eigenvalue weighted by atomic mass is 15.2. The van der Waals surface area contributed by atoms with Crippen LogP contribution in [-0.4, -0.2) is 9.97 Å². The minimum absolute atomic E-state index is 0.816. The van der Waals surface area contributed by atoms with Gasteiger partial charge in [0.15, 0.2) is 0 Å². The summed E-state index contributed by atoms with van der Waals surface area (Å²) in [6.07, 6.45) is 3.77. The average Bonchev–Trinajstić information content (AvgIpc) is 3.21. The topological polar surface area (TPSA) is 35.5 Å². The standard InChI is InChI=1S/C47H37N5/c1-36-22-24-44(25-23-36)51(41-18-10-4-11-19-41)46-34-37(30-32-48-46)38-31-33-49-47(35-38)52(42-20-12-5-13-21-42)45-28-26-43(27-29-45)50(39-14-6-2-7-15-39)40-16-8-3-9-17-40/h2-35H,1H3. The van der Waals surface area contributed by atoms with E-state index in [0.717, 1.165) is 62.6 Å². The lowest BCUT2D eigenvalue weighted by atomic mass is 10.1. The lowest BCUT2D eigenvalue weighted by molar-refractivity contribution is 1.17. The molecular formula is C47H37N5. The fraction of sp³-hybridized carbons (Fsp3) is 0.0213. The highest BCUT2D eigenvalue weighted by molar-refractivity contribution is 5.82. The number of para-hydroxylation sites is 4. The minimum Gasteiger partial charge on any atom is -0.311 e. The summed E-state index contributed by atoms with van der Waals surface area (Å²) in [5.74, 6) is 1.65. The molecule has 0 amide bonds. The molecule has 5 heteroatoms. The van der Waals surface area contributed by atoms with Crippen LogP contribution in [0.3, 0.4) is 0 Å². The van der Waals surface area contributed by atoms with Crippen LogP contribution in [0.25, 0.3) is 11.1 Å². The molecule has 0 saturated carbocycles. The van der Waals surface area contributed by atoms with Gasteiger partial charge in [0.05, 0.1) is 0 Å². The third-order valence-electron chi connectivity index (χ3n) is 9.00. The second-order valence-electron chi connectivity index (χ2n) is 12.5. The van der Waals surface area contributed by atoms with Gasteiger partial charge in [0.2, 0.25) is 0 Å². The maximum Gasteiger partial charge on any atom is 0.138 e. The van der Waals surface area contributed by atoms with Gasteiger partial charge in [0, 0.05) is 52.2 Å². The first-order valence-electron chi connectivity index (χ1n) is 17.4. The lowest BCUT2D eigenvalue weighted by Gasteiger charge is -2.28. The molecule has 0 saturated heterocycles. The highest BCUT2D eigenvalue weighted by Gasteiger charge is 2.18. The molecule has 0 bridgehead atoms. The van der Waals surface area contributed by atoms with Gasteiger partial charge in [-0.05, 0) is 127 Å². The number of hydrogen-bond donors (Lipinski definition) is 0. The first-order chi connectivity index (χ1) is 25.7. The Hall–Kier alpha value is -6.98. The fourth-order valence-corrected chi connectivity index (χ4v) is 6.47. The molecule has 0 N–H and O–H groups in total. The molecule has 6 aromatic carbocycles. The van der Waals surface area contributed by atoms with E-state index in [4.69, 9.17) is 9.97 Å². The van der Waals surface area contributed by atoms with Crippen LogP contribution in [0.1, 0.15) is 5.56 Å². The second-order valence-corrected chi connectivity index (χ2v) is 12.5. The molecule has 0 spiro atoms. The summed E-state index contributed by atoms with van der Waals surface area (Å²) in [5, 5.41) is 0. The molecule has 250 valence electrons. The van der Waals surface area contributed by atoms with E-state index in [1.165, 1.54) is 5.56 Å². The van der Waals surface area contributed by atoms with E-state index in [0.29, 0.717) is 0 Å². The Labute approximate surface area is 305 Å². The predicted molar refractivity (Wildman–Crippen MR) is 216 cm³/mol. The van der Waals surface area contributed by atoms with Gasteiger partial charge in [0.1, 0.15) is 11.6 Å². The monoisotopic (exact) mass is 671 g/mol. The van der Waals surface area contributed by atoms with Crippen molar-refractivity contribution in [1.82, 2.24) is 9.97 Å². The Kier molecular flexibility index (Phi) is 9.22. The number of aryl methyl sites for hydroxylation is 1. The van der Waals surface area contributed by atoms with Crippen molar-refractivity contribution in [2.24, 2.45) is 0 Å². The van der Waals surface area contributed by atoms with Crippen molar-refractivity contribution in [2.45, 2.75) is 6.92 Å². The average molecular weight is 672 g/mol. The van der Waals surface area contributed by atoms with Crippen LogP contribution >= 0.6 is 0 Å². The molecule has 0 aliphatic carbocycles. The van der Waals surface area contributed by atoms with Crippen molar-refractivity contribution in [3.8, 4) is 11.1 Å². The minimum atomic E-state index is 0.816. The fourth-order valence-electron chi connectivity index (χ4n) is 6.47. The van der Waals surface area contributed by atoms with Crippen LogP contribution in [0.15, 0.2) is 207 Å². The van der Waals surface area contributed by atoms with Gasteiger partial charge in [-0.25, -0.2) is 9.97 Å². The van der Waals surface area contributed by atoms with Gasteiger partial charge in [-0.1, -0.05) is 90.5 Å². The summed E-state index contributed by atoms with van der Waals surface area (Å²) in [4.78, 5) is 16.4. The summed E-state index contributed by atoms with van der Waals surface area (Å²) in [6.45, 7) is 2.10. The molecule has 8 rings (SSSR count). The summed E-state index contributed by atoms with van der Waals surface area (Å²) in [7, 11) is 0. The van der Waals surface area contributed by atoms with Crippen molar-refractivity contribution < 1.29 is 0 Å². The normalized spacial score (nSPS) is 10.8. The van der Waals surface area contributed by atoms with E-state index in [-0.39, 0.29) is 0 Å². The zero-order valence-corrected chi connectivity index (χ0v) is 28.9. The molecule has 0 fully saturated rings. The van der Waals surface area contributed by atoms with Crippen molar-refractivity contribution >= 4 is 51.4 Å². The van der Waals surface area contributed by atoms with E-state index < -0.39 is 0 Å². The zero-order valence-electron chi connectivity index (χ0n) is 28.9. The van der Waals surface area contributed by atoms with Crippen LogP contribution in [0.2, 0.25) is 0 Å². The molecule has 2 aromatic heterocycles. The van der Waals surface area contributed by atoms with Crippen molar-refractivity contribution in [1.29, 1.82) is 0 Å². The highest BCUT2D eigenvalue weighted by Crippen LogP contribution is 2.40. The number of anilines is 9. The number of pyridine rings is 2. The van der Waals surface area contributed by atoms with Crippen LogP contribution in [-0.2, 0) is 0 Å². The van der Waals surface area contributed by atoms with Crippen molar-refractivity contribution in [3.63, 3.8) is 0 Å². The summed E-state index contributed by atoms with van der Waals surface area (Å²) in [5.41, 5.74) is 10.7. The lowest BCUT2D eigenvalue weighted by Crippen LogP contribution is -2.13. The third-order valence-corrected chi connectivity index (χ3v) is 9.00. The first kappa shape index (κ1) is 32.2. The van der Waals surface area contributed by atoms with E-state index in [1.54, 1.807) is 0 Å². The van der Waals surface area contributed by atoms with E-state index in [2.05, 4.69) is 191 Å². The van der Waals surface area contributed by atoms with Gasteiger partial charge >= 0.3 is 0 Å². The van der Waals surface area contributed by atoms with Crippen LogP contribution in [0.5, 0.6) is 0 Å². The van der Waals surface area contributed by atoms with E-state index in [9.17, 15) is 0 Å². The Morgan fingerprint density at radius 2 is 0.596 bits per heavy atom. The number of hydrogen-bond acceptors (Lipinski definition) is 5. The number of benzene rings is 6. The van der Waals surface area contributed by atoms with Gasteiger partial charge in [-0.2, -0.15) is 0 Å². The van der Waals surface area contributed by atoms with E-state index >= 15 is 0 Å². The Balaban J connectivity index is 1.17. The van der Waals surface area contributed by atoms with Gasteiger partial charge < -0.3 is 4.90 Å². The van der Waals surface area contributed by atoms with Gasteiger partial charge in [-0.15, -0.1) is 0 Å². The Morgan fingerprint density at radius 1 is 0.308 bits per heavy atom. The number of aromatic nitrogens is 2. The molecule has 2 heterocycles. The second kappa shape index (κ2) is 14.9. The smallest absolute Gasteiger partial charge is 0.138 e. The van der Waals surface area contributed by atoms with Crippen LogP contribution in [0, 0.1) is 6.92 Å². The van der Waals surface area contributed by atoms with E-state index in [1.807, 2.05) is 36.7 Å². The molecule has 5 nitrogen and oxygen atoms in total. The van der Waals surface area contributed by atoms with Crippen molar-refractivity contribution in [2.75, 3.05) is 14.7 Å². The third kappa shape index (κ3) is 6.89.